The van der Waals surface area contributed by atoms with Crippen molar-refractivity contribution in [1.29, 1.82) is 0 Å². The van der Waals surface area contributed by atoms with Gasteiger partial charge in [0.15, 0.2) is 0 Å². The Bertz CT molecular complexity index is 394. The van der Waals surface area contributed by atoms with E-state index in [1.807, 2.05) is 12.1 Å². The number of benzene rings is 1. The van der Waals surface area contributed by atoms with Gasteiger partial charge in [0.1, 0.15) is 5.75 Å². The summed E-state index contributed by atoms with van der Waals surface area (Å²) in [5.41, 5.74) is 0.168. The quantitative estimate of drug-likeness (QED) is 0.838. The highest BCUT2D eigenvalue weighted by molar-refractivity contribution is 5.34. The fraction of sp³-hybridized carbons (Fsp3) is 0.500. The van der Waals surface area contributed by atoms with E-state index in [9.17, 15) is 8.78 Å². The van der Waals surface area contributed by atoms with Gasteiger partial charge in [-0.3, -0.25) is 0 Å². The first-order valence-electron chi connectivity index (χ1n) is 5.23. The third-order valence-electron chi connectivity index (χ3n) is 3.06. The molecule has 0 aliphatic carbocycles. The molecule has 2 rings (SSSR count). The highest BCUT2D eigenvalue weighted by atomic mass is 19.3. The van der Waals surface area contributed by atoms with Crippen molar-refractivity contribution in [3.05, 3.63) is 29.8 Å². The molecule has 0 saturated carbocycles. The van der Waals surface area contributed by atoms with Gasteiger partial charge in [0.05, 0.1) is 13.7 Å². The predicted molar refractivity (Wildman–Crippen MR) is 57.9 cm³/mol. The summed E-state index contributed by atoms with van der Waals surface area (Å²) in [6.45, 7) is 1.53. The van der Waals surface area contributed by atoms with E-state index in [0.29, 0.717) is 5.75 Å². The second kappa shape index (κ2) is 3.70. The molecule has 0 spiro atoms. The van der Waals surface area contributed by atoms with Gasteiger partial charge in [-0.2, -0.15) is 0 Å². The topological polar surface area (TPSA) is 21.3 Å². The number of hydrogen-bond acceptors (Lipinski definition) is 2. The maximum absolute atomic E-state index is 13.2. The molecule has 0 bridgehead atoms. The highest BCUT2D eigenvalue weighted by Gasteiger charge is 2.47. The maximum Gasteiger partial charge on any atom is 0.262 e. The second-order valence-corrected chi connectivity index (χ2v) is 4.45. The van der Waals surface area contributed by atoms with Crippen LogP contribution in [0.25, 0.3) is 0 Å². The van der Waals surface area contributed by atoms with Gasteiger partial charge < -0.3 is 10.1 Å². The van der Waals surface area contributed by atoms with Gasteiger partial charge in [0.2, 0.25) is 0 Å². The fourth-order valence-electron chi connectivity index (χ4n) is 2.14. The molecule has 1 aromatic rings. The van der Waals surface area contributed by atoms with Crippen LogP contribution >= 0.6 is 0 Å². The van der Waals surface area contributed by atoms with Crippen molar-refractivity contribution in [3.8, 4) is 5.75 Å². The minimum atomic E-state index is -2.63. The number of alkyl halides is 2. The Morgan fingerprint density at radius 1 is 1.38 bits per heavy atom. The maximum atomic E-state index is 13.2. The molecular weight excluding hydrogens is 212 g/mol. The average Bonchev–Trinajstić information content (AvgIpc) is 2.55. The number of hydrogen-bond donors (Lipinski definition) is 1. The van der Waals surface area contributed by atoms with Gasteiger partial charge in [-0.25, -0.2) is 8.78 Å². The highest BCUT2D eigenvalue weighted by Crippen LogP contribution is 2.39. The van der Waals surface area contributed by atoms with Gasteiger partial charge in [-0.1, -0.05) is 12.1 Å². The van der Waals surface area contributed by atoms with E-state index in [-0.39, 0.29) is 13.0 Å². The van der Waals surface area contributed by atoms with Crippen molar-refractivity contribution in [2.45, 2.75) is 24.8 Å². The van der Waals surface area contributed by atoms with Crippen LogP contribution < -0.4 is 10.1 Å². The van der Waals surface area contributed by atoms with E-state index in [1.54, 1.807) is 26.2 Å². The Balaban J connectivity index is 2.30. The number of methoxy groups -OCH3 is 1. The lowest BCUT2D eigenvalue weighted by Gasteiger charge is -2.25. The second-order valence-electron chi connectivity index (χ2n) is 4.45. The average molecular weight is 227 g/mol. The molecule has 0 aromatic heterocycles. The molecule has 16 heavy (non-hydrogen) atoms. The van der Waals surface area contributed by atoms with E-state index < -0.39 is 11.5 Å². The largest absolute Gasteiger partial charge is 0.497 e. The molecule has 1 saturated heterocycles. The van der Waals surface area contributed by atoms with Crippen molar-refractivity contribution < 1.29 is 13.5 Å². The fourth-order valence-corrected chi connectivity index (χ4v) is 2.14. The van der Waals surface area contributed by atoms with Crippen molar-refractivity contribution in [1.82, 2.24) is 5.32 Å². The zero-order valence-electron chi connectivity index (χ0n) is 9.39. The zero-order chi connectivity index (χ0) is 11.8. The minimum absolute atomic E-state index is 0.173. The normalized spacial score (nSPS) is 28.0. The molecule has 4 heteroatoms. The smallest absolute Gasteiger partial charge is 0.262 e. The number of nitrogens with one attached hydrogen (secondary N) is 1. The third kappa shape index (κ3) is 2.02. The molecular formula is C12H15F2NO. The van der Waals surface area contributed by atoms with Crippen molar-refractivity contribution >= 4 is 0 Å². The Hall–Kier alpha value is -1.16. The Kier molecular flexibility index (Phi) is 2.62. The van der Waals surface area contributed by atoms with Crippen molar-refractivity contribution in [3.63, 3.8) is 0 Å². The zero-order valence-corrected chi connectivity index (χ0v) is 9.39. The first-order valence-corrected chi connectivity index (χ1v) is 5.23. The van der Waals surface area contributed by atoms with Crippen LogP contribution in [0.15, 0.2) is 24.3 Å². The van der Waals surface area contributed by atoms with Gasteiger partial charge in [0, 0.05) is 12.0 Å². The van der Waals surface area contributed by atoms with Crippen LogP contribution in [0.5, 0.6) is 5.75 Å². The molecule has 0 radical (unpaired) electrons. The van der Waals surface area contributed by atoms with Crippen molar-refractivity contribution in [2.24, 2.45) is 0 Å². The molecule has 0 amide bonds. The van der Waals surface area contributed by atoms with Crippen LogP contribution in [0.3, 0.4) is 0 Å². The van der Waals surface area contributed by atoms with Crippen LogP contribution in [-0.2, 0) is 5.54 Å². The lowest BCUT2D eigenvalue weighted by molar-refractivity contribution is 0.0165. The minimum Gasteiger partial charge on any atom is -0.497 e. The van der Waals surface area contributed by atoms with Crippen LogP contribution in [0.1, 0.15) is 18.9 Å². The molecule has 1 atom stereocenters. The first-order chi connectivity index (χ1) is 7.45. The molecule has 88 valence electrons. The summed E-state index contributed by atoms with van der Waals surface area (Å²) in [6.07, 6.45) is -0.173. The molecule has 2 nitrogen and oxygen atoms in total. The summed E-state index contributed by atoms with van der Waals surface area (Å²) in [7, 11) is 1.57. The third-order valence-corrected chi connectivity index (χ3v) is 3.06. The predicted octanol–water partition coefficient (Wildman–Crippen LogP) is 2.54. The number of ether oxygens (including phenoxy) is 1. The Morgan fingerprint density at radius 2 is 2.12 bits per heavy atom. The lowest BCUT2D eigenvalue weighted by atomic mass is 9.89. The van der Waals surface area contributed by atoms with E-state index in [0.717, 1.165) is 5.56 Å². The molecule has 1 heterocycles. The first kappa shape index (κ1) is 11.3. The Labute approximate surface area is 93.6 Å². The molecule has 1 N–H and O–H groups in total. The lowest BCUT2D eigenvalue weighted by Crippen LogP contribution is -2.32. The van der Waals surface area contributed by atoms with E-state index in [4.69, 9.17) is 4.74 Å². The molecule has 1 fully saturated rings. The standard InChI is InChI=1S/C12H15F2NO/c1-11(7-12(13,14)8-15-11)9-4-3-5-10(6-9)16-2/h3-6,15H,7-8H2,1-2H3. The van der Waals surface area contributed by atoms with Crippen LogP contribution in [-0.4, -0.2) is 19.6 Å². The summed E-state index contributed by atoms with van der Waals surface area (Å²) in [5, 5.41) is 2.89. The van der Waals surface area contributed by atoms with Crippen LogP contribution in [0, 0.1) is 0 Å². The monoisotopic (exact) mass is 227 g/mol. The van der Waals surface area contributed by atoms with Gasteiger partial charge >= 0.3 is 0 Å². The van der Waals surface area contributed by atoms with Crippen LogP contribution in [0.4, 0.5) is 8.78 Å². The summed E-state index contributed by atoms with van der Waals surface area (Å²) >= 11 is 0. The van der Waals surface area contributed by atoms with Crippen molar-refractivity contribution in [2.75, 3.05) is 13.7 Å². The van der Waals surface area contributed by atoms with Gasteiger partial charge in [-0.05, 0) is 24.6 Å². The summed E-state index contributed by atoms with van der Waals surface area (Å²) in [4.78, 5) is 0. The molecule has 1 aliphatic heterocycles. The van der Waals surface area contributed by atoms with E-state index >= 15 is 0 Å². The number of rotatable bonds is 2. The molecule has 1 unspecified atom stereocenters. The summed E-state index contributed by atoms with van der Waals surface area (Å²) in [5.74, 6) is -1.94. The SMILES string of the molecule is COc1cccc(C2(C)CC(F)(F)CN2)c1. The molecule has 1 aromatic carbocycles. The molecule has 1 aliphatic rings. The van der Waals surface area contributed by atoms with Gasteiger partial charge in [-0.15, -0.1) is 0 Å². The summed E-state index contributed by atoms with van der Waals surface area (Å²) < 4.78 is 31.5. The number of halogens is 2. The van der Waals surface area contributed by atoms with Gasteiger partial charge in [0.25, 0.3) is 5.92 Å². The van der Waals surface area contributed by atoms with E-state index in [1.165, 1.54) is 0 Å². The van der Waals surface area contributed by atoms with Crippen LogP contribution in [0.2, 0.25) is 0 Å². The summed E-state index contributed by atoms with van der Waals surface area (Å²) in [6, 6.07) is 7.27. The Morgan fingerprint density at radius 3 is 2.69 bits per heavy atom. The van der Waals surface area contributed by atoms with E-state index in [2.05, 4.69) is 5.32 Å².